The van der Waals surface area contributed by atoms with Crippen molar-refractivity contribution in [3.8, 4) is 0 Å². The van der Waals surface area contributed by atoms with Crippen LogP contribution in [0.2, 0.25) is 0 Å². The third-order valence-corrected chi connectivity index (χ3v) is 13.1. The smallest absolute Gasteiger partial charge is 0.206 e. The molecule has 364 valence electrons. The fourth-order valence-electron chi connectivity index (χ4n) is 6.85. The van der Waals surface area contributed by atoms with Crippen LogP contribution in [0.25, 0.3) is 0 Å². The van der Waals surface area contributed by atoms with E-state index in [0.717, 1.165) is 93.5 Å². The summed E-state index contributed by atoms with van der Waals surface area (Å²) < 4.78 is 0. The molecule has 2 fully saturated rings. The van der Waals surface area contributed by atoms with Crippen LogP contribution in [-0.2, 0) is 12.8 Å². The third-order valence-electron chi connectivity index (χ3n) is 10.7. The van der Waals surface area contributed by atoms with E-state index in [-0.39, 0.29) is 42.1 Å². The van der Waals surface area contributed by atoms with Crippen LogP contribution < -0.4 is 31.9 Å². The third kappa shape index (κ3) is 18.5. The average molecular weight is 1050 g/mol. The monoisotopic (exact) mass is 1050 g/mol. The maximum atomic E-state index is 12.9. The molecule has 17 heteroatoms. The van der Waals surface area contributed by atoms with Gasteiger partial charge in [-0.05, 0) is 117 Å². The summed E-state index contributed by atoms with van der Waals surface area (Å²) in [4.78, 5) is 42.6. The highest BCUT2D eigenvalue weighted by atomic mass is 79.9. The van der Waals surface area contributed by atoms with Gasteiger partial charge in [0.05, 0.1) is 5.33 Å². The molecule has 1 aromatic heterocycles. The Kier molecular flexibility index (Phi) is 26.4. The topological polar surface area (TPSA) is 148 Å². The molecule has 1 unspecified atom stereocenters. The lowest BCUT2D eigenvalue weighted by atomic mass is 10.1. The number of hydrogen-bond acceptors (Lipinski definition) is 12. The fraction of sp³-hybridized carbons (Fsp3) is 0.380. The molecule has 1 atom stereocenters. The highest BCUT2D eigenvalue weighted by Gasteiger charge is 2.19. The number of thioether (sulfide) groups is 1. The number of carbonyl (C=O) groups is 2. The Labute approximate surface area is 425 Å². The summed E-state index contributed by atoms with van der Waals surface area (Å²) >= 11 is 11.1. The number of aryl methyl sites for hydroxylation is 2. The number of piperazine rings is 2. The summed E-state index contributed by atoms with van der Waals surface area (Å²) in [5.41, 5.74) is 19.9. The van der Waals surface area contributed by atoms with Crippen molar-refractivity contribution in [3.63, 3.8) is 0 Å². The molecule has 5 aromatic rings. The maximum absolute atomic E-state index is 12.9. The normalized spacial score (nSPS) is 13.8. The summed E-state index contributed by atoms with van der Waals surface area (Å²) in [5, 5.41) is 8.28. The molecular formula is C50H72BrN10O2PS3. The van der Waals surface area contributed by atoms with Gasteiger partial charge in [-0.15, -0.1) is 0 Å². The lowest BCUT2D eigenvalue weighted by Gasteiger charge is -2.34. The number of aliphatic imine (C=N–C) groups is 1. The number of anilines is 6. The zero-order valence-corrected chi connectivity index (χ0v) is 43.6. The minimum Gasteiger partial charge on any atom is -0.382 e. The van der Waals surface area contributed by atoms with Gasteiger partial charge >= 0.3 is 0 Å². The van der Waals surface area contributed by atoms with Crippen molar-refractivity contribution >= 4 is 117 Å². The number of amidine groups is 1. The Morgan fingerprint density at radius 1 is 0.761 bits per heavy atom. The molecule has 2 saturated heterocycles. The minimum atomic E-state index is -0.0845. The highest BCUT2D eigenvalue weighted by molar-refractivity contribution is 9.09. The highest BCUT2D eigenvalue weighted by Crippen LogP contribution is 2.31. The largest absolute Gasteiger partial charge is 0.382 e. The van der Waals surface area contributed by atoms with E-state index in [1.807, 2.05) is 79.7 Å². The van der Waals surface area contributed by atoms with Crippen molar-refractivity contribution in [1.29, 1.82) is 0 Å². The molecule has 3 heterocycles. The predicted octanol–water partition coefficient (Wildman–Crippen LogP) is 10.4. The Balaban J connectivity index is 0.000000367. The van der Waals surface area contributed by atoms with E-state index in [9.17, 15) is 9.59 Å². The van der Waals surface area contributed by atoms with E-state index in [1.165, 1.54) is 40.0 Å². The standard InChI is InChI=1S/C23H27N5OS.C15H23N5S2.C10H11BrO.2CH4.H3P/c1-3-16-5-4-6-17(15-16)20(29)21-22(24)26-23(30-21)25-18-7-9-19(10-8-18)28-13-11-27(2)12-14-28;1-3-22-14(16)18-15(21)17-12-4-6-13(7-5-12)20-10-8-19(2)9-11-20;1-2-8-4-3-5-9(6-8)10(12)7-11;;;/h4-10,15H,3,11-14,24H2,1-2H3,(H,25,26);4-7H,3,8-11H2,1-2H3,(H3,16,17,18,21);3-6H,2,7H2,1H3;2*1H4;1H3. The van der Waals surface area contributed by atoms with E-state index in [2.05, 4.69) is 108 Å². The molecule has 0 aliphatic carbocycles. The Bertz CT molecular complexity index is 2320. The summed E-state index contributed by atoms with van der Waals surface area (Å²) in [7, 11) is 4.32. The molecule has 0 bridgehead atoms. The molecule has 12 nitrogen and oxygen atoms in total. The van der Waals surface area contributed by atoms with Crippen LogP contribution in [0.1, 0.15) is 72.3 Å². The van der Waals surface area contributed by atoms with Gasteiger partial charge in [0.1, 0.15) is 10.7 Å². The summed E-state index contributed by atoms with van der Waals surface area (Å²) in [5.74, 6) is 1.21. The molecule has 2 aliphatic heterocycles. The van der Waals surface area contributed by atoms with Crippen LogP contribution in [0.3, 0.4) is 0 Å². The van der Waals surface area contributed by atoms with Gasteiger partial charge in [0.25, 0.3) is 0 Å². The molecule has 7 rings (SSSR count). The van der Waals surface area contributed by atoms with Gasteiger partial charge in [-0.25, -0.2) is 4.98 Å². The van der Waals surface area contributed by atoms with Gasteiger partial charge in [-0.1, -0.05) is 111 Å². The lowest BCUT2D eigenvalue weighted by molar-refractivity contribution is 0.102. The van der Waals surface area contributed by atoms with Gasteiger partial charge in [0, 0.05) is 86.2 Å². The Morgan fingerprint density at radius 2 is 1.24 bits per heavy atom. The Hall–Kier alpha value is -4.41. The van der Waals surface area contributed by atoms with Crippen molar-refractivity contribution in [3.05, 3.63) is 124 Å². The van der Waals surface area contributed by atoms with Crippen LogP contribution in [0.5, 0.6) is 0 Å². The molecule has 0 saturated carbocycles. The average Bonchev–Trinajstić information content (AvgIpc) is 3.69. The first-order chi connectivity index (χ1) is 30.9. The number of nitrogens with zero attached hydrogens (tertiary/aromatic N) is 6. The van der Waals surface area contributed by atoms with E-state index in [1.54, 1.807) is 0 Å². The van der Waals surface area contributed by atoms with Gasteiger partial charge in [0.2, 0.25) is 5.78 Å². The SMILES string of the molecule is C.C.CCSC(N)=NC(=S)Nc1ccc(N2CCN(C)CC2)cc1.CCc1cccc(C(=O)CBr)c1.CCc1cccc(C(=O)c2sc(Nc3ccc(N4CCN(C)CC4)cc3)nc2N)c1.P. The van der Waals surface area contributed by atoms with Crippen LogP contribution in [0, 0.1) is 0 Å². The second kappa shape index (κ2) is 30.2. The lowest BCUT2D eigenvalue weighted by Crippen LogP contribution is -2.44. The molecule has 0 amide bonds. The molecule has 67 heavy (non-hydrogen) atoms. The summed E-state index contributed by atoms with van der Waals surface area (Å²) in [6.45, 7) is 14.8. The zero-order chi connectivity index (χ0) is 46.0. The van der Waals surface area contributed by atoms with E-state index in [0.29, 0.717) is 31.2 Å². The van der Waals surface area contributed by atoms with Crippen molar-refractivity contribution in [2.45, 2.75) is 48.5 Å². The summed E-state index contributed by atoms with van der Waals surface area (Å²) in [6.07, 6.45) is 1.86. The van der Waals surface area contributed by atoms with Gasteiger partial charge in [-0.2, -0.15) is 14.9 Å². The predicted molar refractivity (Wildman–Crippen MR) is 306 cm³/mol. The number of alkyl halides is 1. The number of benzene rings is 4. The van der Waals surface area contributed by atoms with Crippen LogP contribution in [0.4, 0.5) is 33.7 Å². The number of nitrogens with two attached hydrogens (primary N) is 2. The quantitative estimate of drug-likeness (QED) is 0.0235. The van der Waals surface area contributed by atoms with E-state index < -0.39 is 0 Å². The first-order valence-corrected chi connectivity index (χ1v) is 24.9. The molecule has 2 aliphatic rings. The number of thiocarbonyl (C=S) groups is 1. The number of nitrogens with one attached hydrogen (secondary N) is 2. The number of Topliss-reactive ketones (excluding diaryl/α,β-unsaturated/α-hetero) is 1. The van der Waals surface area contributed by atoms with Crippen molar-refractivity contribution in [1.82, 2.24) is 14.8 Å². The van der Waals surface area contributed by atoms with E-state index >= 15 is 0 Å². The van der Waals surface area contributed by atoms with E-state index in [4.69, 9.17) is 23.7 Å². The minimum absolute atomic E-state index is 0. The molecular weight excluding hydrogens is 980 g/mol. The second-order valence-electron chi connectivity index (χ2n) is 15.3. The number of nitrogen functional groups attached to an aromatic ring is 1. The van der Waals surface area contributed by atoms with Crippen molar-refractivity contribution in [2.24, 2.45) is 10.7 Å². The van der Waals surface area contributed by atoms with Crippen molar-refractivity contribution in [2.75, 3.05) is 104 Å². The fourth-order valence-corrected chi connectivity index (χ4v) is 8.77. The molecule has 6 N–H and O–H groups in total. The zero-order valence-electron chi connectivity index (χ0n) is 38.2. The number of likely N-dealkylation sites (N-methyl/N-ethyl adjacent to an activating group) is 2. The van der Waals surface area contributed by atoms with Crippen LogP contribution in [-0.4, -0.2) is 114 Å². The van der Waals surface area contributed by atoms with Crippen LogP contribution in [0.15, 0.2) is 102 Å². The number of carbonyl (C=O) groups excluding carboxylic acids is 2. The van der Waals surface area contributed by atoms with Gasteiger partial charge in [0.15, 0.2) is 21.2 Å². The molecule has 0 radical (unpaired) electrons. The maximum Gasteiger partial charge on any atom is 0.206 e. The number of hydrogen-bond donors (Lipinski definition) is 4. The number of thiazole rings is 1. The first kappa shape index (κ1) is 58.7. The second-order valence-corrected chi connectivity index (χ2v) is 18.6. The Morgan fingerprint density at radius 3 is 1.72 bits per heavy atom. The first-order valence-electron chi connectivity index (χ1n) is 21.6. The molecule has 0 spiro atoms. The van der Waals surface area contributed by atoms with Gasteiger partial charge in [-0.3, -0.25) is 9.59 Å². The number of rotatable bonds is 12. The summed E-state index contributed by atoms with van der Waals surface area (Å²) in [6, 6.07) is 32.0. The van der Waals surface area contributed by atoms with Gasteiger partial charge < -0.3 is 41.7 Å². The molecule has 4 aromatic carbocycles. The van der Waals surface area contributed by atoms with Crippen LogP contribution >= 0.6 is 61.1 Å². The number of halogens is 1. The number of aromatic nitrogens is 1. The van der Waals surface area contributed by atoms with Crippen molar-refractivity contribution < 1.29 is 9.59 Å². The number of ketones is 2.